The predicted octanol–water partition coefficient (Wildman–Crippen LogP) is 1.59. The third kappa shape index (κ3) is 3.22. The minimum Gasteiger partial charge on any atom is -0.493 e. The molecular weight excluding hydrogens is 266 g/mol. The van der Waals surface area contributed by atoms with E-state index in [1.165, 1.54) is 25.7 Å². The smallest absolute Gasteiger partial charge is 0.161 e. The Morgan fingerprint density at radius 2 is 1.90 bits per heavy atom. The first-order chi connectivity index (χ1) is 10.0. The molecule has 1 fully saturated rings. The molecular formula is C15H29N5O. The highest BCUT2D eigenvalue weighted by atomic mass is 16.5. The Labute approximate surface area is 127 Å². The Morgan fingerprint density at radius 3 is 2.43 bits per heavy atom. The van der Waals surface area contributed by atoms with Crippen LogP contribution < -0.4 is 16.0 Å². The van der Waals surface area contributed by atoms with E-state index in [0.717, 1.165) is 24.5 Å². The van der Waals surface area contributed by atoms with Crippen molar-refractivity contribution in [3.8, 4) is 5.75 Å². The van der Waals surface area contributed by atoms with E-state index in [1.54, 1.807) is 13.3 Å². The summed E-state index contributed by atoms with van der Waals surface area (Å²) in [5, 5.41) is 4.31. The molecule has 21 heavy (non-hydrogen) atoms. The van der Waals surface area contributed by atoms with E-state index < -0.39 is 0 Å². The monoisotopic (exact) mass is 295 g/mol. The average molecular weight is 295 g/mol. The van der Waals surface area contributed by atoms with Gasteiger partial charge in [-0.05, 0) is 39.8 Å². The first-order valence-electron chi connectivity index (χ1n) is 7.79. The second-order valence-corrected chi connectivity index (χ2v) is 6.38. The van der Waals surface area contributed by atoms with Crippen LogP contribution in [0.4, 0.5) is 0 Å². The molecule has 1 aromatic heterocycles. The van der Waals surface area contributed by atoms with Crippen LogP contribution >= 0.6 is 0 Å². The van der Waals surface area contributed by atoms with Gasteiger partial charge in [0, 0.05) is 12.6 Å². The Balaban J connectivity index is 2.31. The first-order valence-corrected chi connectivity index (χ1v) is 7.79. The number of hydrogen-bond acceptors (Lipinski definition) is 5. The maximum Gasteiger partial charge on any atom is 0.161 e. The summed E-state index contributed by atoms with van der Waals surface area (Å²) >= 11 is 0. The van der Waals surface area contributed by atoms with E-state index in [0.29, 0.717) is 0 Å². The minimum absolute atomic E-state index is 0.0435. The van der Waals surface area contributed by atoms with E-state index >= 15 is 0 Å². The lowest BCUT2D eigenvalue weighted by Crippen LogP contribution is -2.55. The molecule has 0 saturated carbocycles. The van der Waals surface area contributed by atoms with Crippen LogP contribution in [-0.2, 0) is 7.05 Å². The molecule has 2 rings (SSSR count). The lowest BCUT2D eigenvalue weighted by atomic mass is 9.89. The number of hydrogen-bond donors (Lipinski definition) is 2. The van der Waals surface area contributed by atoms with Gasteiger partial charge >= 0.3 is 0 Å². The Bertz CT molecular complexity index is 449. The first kappa shape index (κ1) is 16.3. The van der Waals surface area contributed by atoms with Crippen molar-refractivity contribution in [2.24, 2.45) is 12.9 Å². The van der Waals surface area contributed by atoms with E-state index in [1.807, 2.05) is 11.7 Å². The zero-order valence-electron chi connectivity index (χ0n) is 13.7. The number of hydrazine groups is 1. The molecule has 6 nitrogen and oxygen atoms in total. The molecule has 1 aliphatic heterocycles. The van der Waals surface area contributed by atoms with E-state index in [9.17, 15) is 0 Å². The summed E-state index contributed by atoms with van der Waals surface area (Å²) in [6.45, 7) is 6.72. The van der Waals surface area contributed by atoms with Crippen molar-refractivity contribution in [1.82, 2.24) is 20.1 Å². The van der Waals surface area contributed by atoms with Crippen LogP contribution in [0, 0.1) is 0 Å². The molecule has 1 aliphatic rings. The molecule has 0 spiro atoms. The van der Waals surface area contributed by atoms with Gasteiger partial charge in [0.1, 0.15) is 5.69 Å². The fourth-order valence-electron chi connectivity index (χ4n) is 3.36. The number of likely N-dealkylation sites (tertiary alicyclic amines) is 1. The lowest BCUT2D eigenvalue weighted by molar-refractivity contribution is 0.0792. The number of nitrogens with one attached hydrogen (secondary N) is 1. The third-order valence-electron chi connectivity index (χ3n) is 4.74. The zero-order chi connectivity index (χ0) is 15.5. The summed E-state index contributed by atoms with van der Waals surface area (Å²) in [6, 6.07) is -0.0435. The fraction of sp³-hybridized carbons (Fsp3) is 0.800. The van der Waals surface area contributed by atoms with Crippen LogP contribution in [-0.4, -0.2) is 40.4 Å². The standard InChI is InChI=1S/C15H29N5O/c1-15(2,20-9-7-5-6-8-10-20)14(18-16)13-12(21-4)11-17-19(13)3/h11,14,18H,5-10,16H2,1-4H3. The van der Waals surface area contributed by atoms with E-state index in [2.05, 4.69) is 29.3 Å². The molecule has 0 radical (unpaired) electrons. The highest BCUT2D eigenvalue weighted by molar-refractivity contribution is 5.30. The normalized spacial score (nSPS) is 19.3. The Morgan fingerprint density at radius 1 is 1.29 bits per heavy atom. The molecule has 1 atom stereocenters. The number of aryl methyl sites for hydroxylation is 1. The molecule has 6 heteroatoms. The average Bonchev–Trinajstić information content (AvgIpc) is 2.69. The van der Waals surface area contributed by atoms with Gasteiger partial charge in [0.2, 0.25) is 0 Å². The largest absolute Gasteiger partial charge is 0.493 e. The van der Waals surface area contributed by atoms with Crippen molar-refractivity contribution in [3.05, 3.63) is 11.9 Å². The summed E-state index contributed by atoms with van der Waals surface area (Å²) in [4.78, 5) is 2.54. The van der Waals surface area contributed by atoms with Crippen molar-refractivity contribution >= 4 is 0 Å². The summed E-state index contributed by atoms with van der Waals surface area (Å²) in [5.41, 5.74) is 3.88. The van der Waals surface area contributed by atoms with Crippen LogP contribution in [0.1, 0.15) is 51.3 Å². The summed E-state index contributed by atoms with van der Waals surface area (Å²) in [6.07, 6.45) is 6.90. The van der Waals surface area contributed by atoms with Gasteiger partial charge in [0.05, 0.1) is 19.3 Å². The molecule has 0 aliphatic carbocycles. The fourth-order valence-corrected chi connectivity index (χ4v) is 3.36. The maximum absolute atomic E-state index is 5.91. The number of methoxy groups -OCH3 is 1. The topological polar surface area (TPSA) is 68.3 Å². The Kier molecular flexibility index (Phi) is 5.24. The van der Waals surface area contributed by atoms with Gasteiger partial charge in [0.15, 0.2) is 5.75 Å². The van der Waals surface area contributed by atoms with Gasteiger partial charge < -0.3 is 4.74 Å². The van der Waals surface area contributed by atoms with Crippen LogP contribution in [0.25, 0.3) is 0 Å². The van der Waals surface area contributed by atoms with Crippen LogP contribution in [0.15, 0.2) is 6.20 Å². The summed E-state index contributed by atoms with van der Waals surface area (Å²) < 4.78 is 7.31. The predicted molar refractivity (Wildman–Crippen MR) is 83.9 cm³/mol. The molecule has 120 valence electrons. The van der Waals surface area contributed by atoms with Crippen molar-refractivity contribution < 1.29 is 4.74 Å². The van der Waals surface area contributed by atoms with Crippen molar-refractivity contribution in [1.29, 1.82) is 0 Å². The molecule has 0 aromatic carbocycles. The second-order valence-electron chi connectivity index (χ2n) is 6.38. The minimum atomic E-state index is -0.111. The quantitative estimate of drug-likeness (QED) is 0.638. The van der Waals surface area contributed by atoms with Gasteiger partial charge in [-0.2, -0.15) is 5.10 Å². The summed E-state index contributed by atoms with van der Waals surface area (Å²) in [5.74, 6) is 6.70. The SMILES string of the molecule is COc1cnn(C)c1C(NN)C(C)(C)N1CCCCCC1. The highest BCUT2D eigenvalue weighted by Gasteiger charge is 2.39. The van der Waals surface area contributed by atoms with Gasteiger partial charge in [-0.15, -0.1) is 0 Å². The molecule has 3 N–H and O–H groups in total. The number of nitrogens with two attached hydrogens (primary N) is 1. The van der Waals surface area contributed by atoms with Crippen molar-refractivity contribution in [3.63, 3.8) is 0 Å². The molecule has 0 amide bonds. The number of nitrogens with zero attached hydrogens (tertiary/aromatic N) is 3. The van der Waals surface area contributed by atoms with Gasteiger partial charge in [-0.1, -0.05) is 12.8 Å². The molecule has 0 bridgehead atoms. The lowest BCUT2D eigenvalue weighted by Gasteiger charge is -2.43. The van der Waals surface area contributed by atoms with Gasteiger partial charge in [0.25, 0.3) is 0 Å². The molecule has 1 saturated heterocycles. The zero-order valence-corrected chi connectivity index (χ0v) is 13.7. The molecule has 1 aromatic rings. The van der Waals surface area contributed by atoms with E-state index in [-0.39, 0.29) is 11.6 Å². The number of aromatic nitrogens is 2. The van der Waals surface area contributed by atoms with E-state index in [4.69, 9.17) is 10.6 Å². The van der Waals surface area contributed by atoms with Crippen LogP contribution in [0.2, 0.25) is 0 Å². The van der Waals surface area contributed by atoms with Gasteiger partial charge in [-0.3, -0.25) is 15.4 Å². The van der Waals surface area contributed by atoms with Crippen LogP contribution in [0.3, 0.4) is 0 Å². The third-order valence-corrected chi connectivity index (χ3v) is 4.74. The maximum atomic E-state index is 5.91. The van der Waals surface area contributed by atoms with Crippen molar-refractivity contribution in [2.75, 3.05) is 20.2 Å². The number of rotatable bonds is 5. The molecule has 2 heterocycles. The number of ether oxygens (including phenoxy) is 1. The van der Waals surface area contributed by atoms with Gasteiger partial charge in [-0.25, -0.2) is 5.43 Å². The second kappa shape index (κ2) is 6.77. The summed E-state index contributed by atoms with van der Waals surface area (Å²) in [7, 11) is 3.60. The highest BCUT2D eigenvalue weighted by Crippen LogP contribution is 2.36. The van der Waals surface area contributed by atoms with Crippen LogP contribution in [0.5, 0.6) is 5.75 Å². The molecule has 1 unspecified atom stereocenters. The Hall–Kier alpha value is -1.11. The van der Waals surface area contributed by atoms with Crippen molar-refractivity contribution in [2.45, 2.75) is 51.1 Å².